The highest BCUT2D eigenvalue weighted by Crippen LogP contribution is 2.41. The third-order valence-corrected chi connectivity index (χ3v) is 5.88. The highest BCUT2D eigenvalue weighted by molar-refractivity contribution is 5.85. The molecule has 126 valence electrons. The molecule has 0 saturated carbocycles. The van der Waals surface area contributed by atoms with Crippen molar-refractivity contribution in [2.24, 2.45) is 7.05 Å². The third kappa shape index (κ3) is 2.36. The molecule has 2 aliphatic rings. The lowest BCUT2D eigenvalue weighted by atomic mass is 9.71. The lowest BCUT2D eigenvalue weighted by Crippen LogP contribution is -2.61. The molecule has 0 bridgehead atoms. The summed E-state index contributed by atoms with van der Waals surface area (Å²) >= 11 is 0. The molecule has 2 aromatic rings. The molecule has 4 rings (SSSR count). The standard InChI is InChI=1S/C20H25N3O/c1-3-20(15-8-5-4-6-9-15)13-23(14-20)19(24)16-10-7-11-18-17(16)12-22(2)21-18/h4-6,8-9,12,16H,3,7,10-11,13-14H2,1-2H3. The molecule has 0 radical (unpaired) electrons. The maximum absolute atomic E-state index is 13.1. The van der Waals surface area contributed by atoms with E-state index < -0.39 is 0 Å². The molecule has 1 saturated heterocycles. The van der Waals surface area contributed by atoms with Gasteiger partial charge in [0.1, 0.15) is 0 Å². The zero-order valence-corrected chi connectivity index (χ0v) is 14.5. The topological polar surface area (TPSA) is 38.1 Å². The minimum Gasteiger partial charge on any atom is -0.340 e. The first-order valence-corrected chi connectivity index (χ1v) is 9.00. The van der Waals surface area contributed by atoms with Crippen LogP contribution in [0.2, 0.25) is 0 Å². The van der Waals surface area contributed by atoms with Crippen LogP contribution >= 0.6 is 0 Å². The van der Waals surface area contributed by atoms with E-state index in [1.807, 2.05) is 17.9 Å². The van der Waals surface area contributed by atoms with Gasteiger partial charge in [0, 0.05) is 37.3 Å². The Labute approximate surface area is 143 Å². The minimum absolute atomic E-state index is 0.00748. The van der Waals surface area contributed by atoms with Gasteiger partial charge in [0.2, 0.25) is 5.91 Å². The number of hydrogen-bond donors (Lipinski definition) is 0. The number of aromatic nitrogens is 2. The van der Waals surface area contributed by atoms with Gasteiger partial charge in [-0.15, -0.1) is 0 Å². The van der Waals surface area contributed by atoms with Crippen LogP contribution in [0.1, 0.15) is 48.9 Å². The van der Waals surface area contributed by atoms with Crippen LogP contribution in [-0.4, -0.2) is 33.7 Å². The number of amides is 1. The van der Waals surface area contributed by atoms with Gasteiger partial charge in [0.25, 0.3) is 0 Å². The molecule has 1 atom stereocenters. The van der Waals surface area contributed by atoms with Gasteiger partial charge in [0.15, 0.2) is 0 Å². The number of likely N-dealkylation sites (tertiary alicyclic amines) is 1. The van der Waals surface area contributed by atoms with Gasteiger partial charge in [-0.1, -0.05) is 37.3 Å². The number of benzene rings is 1. The molecule has 1 fully saturated rings. The van der Waals surface area contributed by atoms with Crippen molar-refractivity contribution in [1.82, 2.24) is 14.7 Å². The Morgan fingerprint density at radius 2 is 2.04 bits per heavy atom. The summed E-state index contributed by atoms with van der Waals surface area (Å²) in [6.45, 7) is 3.92. The van der Waals surface area contributed by atoms with E-state index in [4.69, 9.17) is 0 Å². The van der Waals surface area contributed by atoms with Gasteiger partial charge in [-0.25, -0.2) is 0 Å². The molecule has 1 aliphatic heterocycles. The fourth-order valence-corrected chi connectivity index (χ4v) is 4.39. The van der Waals surface area contributed by atoms with E-state index in [0.717, 1.165) is 50.0 Å². The van der Waals surface area contributed by atoms with E-state index in [-0.39, 0.29) is 11.3 Å². The highest BCUT2D eigenvalue weighted by Gasteiger charge is 2.47. The van der Waals surface area contributed by atoms with E-state index in [1.54, 1.807) is 0 Å². The van der Waals surface area contributed by atoms with E-state index >= 15 is 0 Å². The van der Waals surface area contributed by atoms with Crippen molar-refractivity contribution in [2.75, 3.05) is 13.1 Å². The average molecular weight is 323 g/mol. The second kappa shape index (κ2) is 5.76. The molecule has 1 aliphatic carbocycles. The lowest BCUT2D eigenvalue weighted by molar-refractivity contribution is -0.141. The van der Waals surface area contributed by atoms with Crippen LogP contribution in [-0.2, 0) is 23.7 Å². The molecule has 1 unspecified atom stereocenters. The second-order valence-corrected chi connectivity index (χ2v) is 7.34. The Morgan fingerprint density at radius 1 is 1.29 bits per heavy atom. The largest absolute Gasteiger partial charge is 0.340 e. The van der Waals surface area contributed by atoms with Gasteiger partial charge >= 0.3 is 0 Å². The van der Waals surface area contributed by atoms with Gasteiger partial charge in [0.05, 0.1) is 11.6 Å². The van der Waals surface area contributed by atoms with Crippen LogP contribution < -0.4 is 0 Å². The number of rotatable bonds is 3. The normalized spacial score (nSPS) is 21.9. The van der Waals surface area contributed by atoms with Crippen molar-refractivity contribution >= 4 is 5.91 Å². The summed E-state index contributed by atoms with van der Waals surface area (Å²) in [7, 11) is 1.95. The summed E-state index contributed by atoms with van der Waals surface area (Å²) < 4.78 is 1.85. The van der Waals surface area contributed by atoms with E-state index in [1.165, 1.54) is 5.56 Å². The Balaban J connectivity index is 1.52. The first-order chi connectivity index (χ1) is 11.6. The van der Waals surface area contributed by atoms with Crippen molar-refractivity contribution in [3.05, 3.63) is 53.3 Å². The fraction of sp³-hybridized carbons (Fsp3) is 0.500. The Bertz CT molecular complexity index is 743. The maximum atomic E-state index is 13.1. The molecule has 2 heterocycles. The lowest BCUT2D eigenvalue weighted by Gasteiger charge is -2.51. The number of fused-ring (bicyclic) bond motifs is 1. The van der Waals surface area contributed by atoms with E-state index in [0.29, 0.717) is 5.91 Å². The van der Waals surface area contributed by atoms with Crippen LogP contribution in [0.5, 0.6) is 0 Å². The van der Waals surface area contributed by atoms with Crippen LogP contribution in [0.15, 0.2) is 36.5 Å². The van der Waals surface area contributed by atoms with Crippen LogP contribution in [0, 0.1) is 0 Å². The van der Waals surface area contributed by atoms with Crippen molar-refractivity contribution in [1.29, 1.82) is 0 Å². The van der Waals surface area contributed by atoms with E-state index in [2.05, 4.69) is 47.3 Å². The zero-order valence-electron chi connectivity index (χ0n) is 14.5. The number of aryl methyl sites for hydroxylation is 2. The highest BCUT2D eigenvalue weighted by atomic mass is 16.2. The quantitative estimate of drug-likeness (QED) is 0.871. The second-order valence-electron chi connectivity index (χ2n) is 7.34. The molecule has 1 aromatic heterocycles. The van der Waals surface area contributed by atoms with Crippen LogP contribution in [0.4, 0.5) is 0 Å². The number of hydrogen-bond acceptors (Lipinski definition) is 2. The van der Waals surface area contributed by atoms with Gasteiger partial charge < -0.3 is 4.90 Å². The summed E-state index contributed by atoms with van der Waals surface area (Å²) in [5, 5.41) is 4.53. The summed E-state index contributed by atoms with van der Waals surface area (Å²) in [5.41, 5.74) is 3.78. The first kappa shape index (κ1) is 15.4. The molecule has 1 aromatic carbocycles. The van der Waals surface area contributed by atoms with Crippen LogP contribution in [0.25, 0.3) is 0 Å². The number of carbonyl (C=O) groups excluding carboxylic acids is 1. The smallest absolute Gasteiger partial charge is 0.230 e. The van der Waals surface area contributed by atoms with Crippen LogP contribution in [0.3, 0.4) is 0 Å². The summed E-state index contributed by atoms with van der Waals surface area (Å²) in [5.74, 6) is 0.303. The predicted molar refractivity (Wildman–Crippen MR) is 93.9 cm³/mol. The SMILES string of the molecule is CCC1(c2ccccc2)CN(C(=O)C2CCCc3nn(C)cc32)C1. The monoisotopic (exact) mass is 323 g/mol. The predicted octanol–water partition coefficient (Wildman–Crippen LogP) is 3.03. The van der Waals surface area contributed by atoms with Crippen molar-refractivity contribution in [3.8, 4) is 0 Å². The third-order valence-electron chi connectivity index (χ3n) is 5.88. The molecular formula is C20H25N3O. The molecule has 0 spiro atoms. The molecule has 0 N–H and O–H groups in total. The molecule has 4 nitrogen and oxygen atoms in total. The summed E-state index contributed by atoms with van der Waals surface area (Å²) in [6, 6.07) is 10.7. The fourth-order valence-electron chi connectivity index (χ4n) is 4.39. The Kier molecular flexibility index (Phi) is 3.70. The number of carbonyl (C=O) groups is 1. The van der Waals surface area contributed by atoms with Crippen molar-refractivity contribution < 1.29 is 4.79 Å². The summed E-state index contributed by atoms with van der Waals surface area (Å²) in [4.78, 5) is 15.1. The van der Waals surface area contributed by atoms with Crippen molar-refractivity contribution in [2.45, 2.75) is 43.9 Å². The zero-order chi connectivity index (χ0) is 16.7. The Morgan fingerprint density at radius 3 is 2.75 bits per heavy atom. The van der Waals surface area contributed by atoms with Gasteiger partial charge in [-0.2, -0.15) is 5.10 Å². The summed E-state index contributed by atoms with van der Waals surface area (Å²) in [6.07, 6.45) is 6.14. The molecule has 1 amide bonds. The first-order valence-electron chi connectivity index (χ1n) is 9.00. The molecular weight excluding hydrogens is 298 g/mol. The average Bonchev–Trinajstić information content (AvgIpc) is 2.95. The van der Waals surface area contributed by atoms with Gasteiger partial charge in [-0.05, 0) is 31.2 Å². The maximum Gasteiger partial charge on any atom is 0.230 e. The van der Waals surface area contributed by atoms with Crippen molar-refractivity contribution in [3.63, 3.8) is 0 Å². The Hall–Kier alpha value is -2.10. The van der Waals surface area contributed by atoms with Gasteiger partial charge in [-0.3, -0.25) is 9.48 Å². The number of nitrogens with zero attached hydrogens (tertiary/aromatic N) is 3. The molecule has 24 heavy (non-hydrogen) atoms. The minimum atomic E-state index is 0.00748. The molecule has 4 heteroatoms. The van der Waals surface area contributed by atoms with E-state index in [9.17, 15) is 4.79 Å².